The first-order valence-electron chi connectivity index (χ1n) is 19.8. The van der Waals surface area contributed by atoms with Gasteiger partial charge < -0.3 is 28.4 Å². The second-order valence-corrected chi connectivity index (χ2v) is 19.2. The summed E-state index contributed by atoms with van der Waals surface area (Å²) in [5.74, 6) is -1.94. The molecule has 0 aliphatic heterocycles. The van der Waals surface area contributed by atoms with E-state index in [1.165, 1.54) is 0 Å². The summed E-state index contributed by atoms with van der Waals surface area (Å²) in [6.45, 7) is 28.3. The predicted octanol–water partition coefficient (Wildman–Crippen LogP) is 5.61. The average molecular weight is 808 g/mol. The van der Waals surface area contributed by atoms with E-state index in [1.54, 1.807) is 114 Å². The number of nitrogens with zero attached hydrogens (tertiary/aromatic N) is 3. The number of rotatable bonds is 20. The van der Waals surface area contributed by atoms with E-state index in [0.29, 0.717) is 18.8 Å². The Morgan fingerprint density at radius 2 is 0.807 bits per heavy atom. The van der Waals surface area contributed by atoms with Crippen LogP contribution in [0.3, 0.4) is 0 Å². The van der Waals surface area contributed by atoms with Crippen molar-refractivity contribution in [3.8, 4) is 5.75 Å². The Morgan fingerprint density at radius 3 is 1.14 bits per heavy atom. The van der Waals surface area contributed by atoms with E-state index < -0.39 is 63.9 Å². The molecule has 1 atom stereocenters. The summed E-state index contributed by atoms with van der Waals surface area (Å²) >= 11 is 0. The molecule has 1 aromatic rings. The van der Waals surface area contributed by atoms with Crippen molar-refractivity contribution in [1.29, 1.82) is 0 Å². The molecule has 326 valence electrons. The van der Waals surface area contributed by atoms with Crippen molar-refractivity contribution in [2.45, 2.75) is 151 Å². The summed E-state index contributed by atoms with van der Waals surface area (Å²) < 4.78 is 34.0. The van der Waals surface area contributed by atoms with Gasteiger partial charge in [0.25, 0.3) is 0 Å². The highest BCUT2D eigenvalue weighted by atomic mass is 16.6. The fourth-order valence-electron chi connectivity index (χ4n) is 5.56. The first-order chi connectivity index (χ1) is 25.8. The van der Waals surface area contributed by atoms with Crippen molar-refractivity contribution < 1.29 is 52.4 Å². The molecule has 0 saturated carbocycles. The zero-order chi connectivity index (χ0) is 44.0. The predicted molar refractivity (Wildman–Crippen MR) is 219 cm³/mol. The highest BCUT2D eigenvalue weighted by molar-refractivity contribution is 5.76. The zero-order valence-electron chi connectivity index (χ0n) is 37.8. The van der Waals surface area contributed by atoms with Crippen LogP contribution in [0.15, 0.2) is 24.3 Å². The number of benzene rings is 1. The minimum atomic E-state index is -0.784. The number of carbonyl (C=O) groups is 5. The van der Waals surface area contributed by atoms with Crippen molar-refractivity contribution in [3.63, 3.8) is 0 Å². The van der Waals surface area contributed by atoms with Crippen LogP contribution in [-0.2, 0) is 54.1 Å². The third-order valence-corrected chi connectivity index (χ3v) is 7.25. The fourth-order valence-corrected chi connectivity index (χ4v) is 5.56. The van der Waals surface area contributed by atoms with E-state index >= 15 is 0 Å². The normalized spacial score (nSPS) is 13.3. The van der Waals surface area contributed by atoms with Crippen LogP contribution in [0, 0.1) is 0 Å². The number of ether oxygens (including phenoxy) is 6. The van der Waals surface area contributed by atoms with Crippen LogP contribution in [-0.4, -0.2) is 138 Å². The summed E-state index contributed by atoms with van der Waals surface area (Å²) in [6, 6.07) is 6.98. The van der Waals surface area contributed by atoms with Crippen LogP contribution in [0.4, 0.5) is 0 Å². The quantitative estimate of drug-likeness (QED) is 0.119. The van der Waals surface area contributed by atoms with Crippen LogP contribution in [0.1, 0.15) is 116 Å². The number of hydrogen-bond donors (Lipinski definition) is 0. The second kappa shape index (κ2) is 21.9. The zero-order valence-corrected chi connectivity index (χ0v) is 37.8. The molecule has 1 unspecified atom stereocenters. The second-order valence-electron chi connectivity index (χ2n) is 19.2. The standard InChI is InChI=1S/C43H73N3O11/c1-17-52-33-20-18-31(19-21-33)24-32(46(29-37(50)56-42(11,12)13)30-38(51)57-43(14,15)16)25-44(26-34(47)53-39(2,3)4)22-23-45(27-35(48)54-40(5,6)7)28-36(49)55-41(8,9)10/h18-21,32H,17,22-30H2,1-16H3. The van der Waals surface area contributed by atoms with E-state index in [0.717, 1.165) is 5.56 Å². The van der Waals surface area contributed by atoms with Gasteiger partial charge in [-0.25, -0.2) is 0 Å². The molecule has 1 rings (SSSR count). The van der Waals surface area contributed by atoms with Gasteiger partial charge in [-0.15, -0.1) is 0 Å². The van der Waals surface area contributed by atoms with Gasteiger partial charge in [0, 0.05) is 25.7 Å². The molecule has 0 spiro atoms. The lowest BCUT2D eigenvalue weighted by Crippen LogP contribution is -2.52. The Balaban J connectivity index is 3.76. The molecule has 0 N–H and O–H groups in total. The molecule has 57 heavy (non-hydrogen) atoms. The van der Waals surface area contributed by atoms with Gasteiger partial charge in [-0.05, 0) is 135 Å². The van der Waals surface area contributed by atoms with E-state index in [4.69, 9.17) is 28.4 Å². The van der Waals surface area contributed by atoms with Crippen molar-refractivity contribution in [3.05, 3.63) is 29.8 Å². The van der Waals surface area contributed by atoms with Crippen LogP contribution < -0.4 is 4.74 Å². The summed E-state index contributed by atoms with van der Waals surface area (Å²) in [5, 5.41) is 0. The molecule has 1 aromatic carbocycles. The number of carbonyl (C=O) groups excluding carboxylic acids is 5. The third kappa shape index (κ3) is 26.0. The molecular weight excluding hydrogens is 734 g/mol. The molecule has 0 aliphatic rings. The van der Waals surface area contributed by atoms with Crippen LogP contribution in [0.5, 0.6) is 5.75 Å². The Hall–Kier alpha value is -3.75. The lowest BCUT2D eigenvalue weighted by molar-refractivity contribution is -0.162. The monoisotopic (exact) mass is 808 g/mol. The number of hydrogen-bond acceptors (Lipinski definition) is 14. The van der Waals surface area contributed by atoms with E-state index in [2.05, 4.69) is 0 Å². The van der Waals surface area contributed by atoms with E-state index in [1.807, 2.05) is 36.1 Å². The first-order valence-corrected chi connectivity index (χ1v) is 19.8. The van der Waals surface area contributed by atoms with Gasteiger partial charge in [0.1, 0.15) is 33.8 Å². The molecule has 14 heteroatoms. The van der Waals surface area contributed by atoms with E-state index in [9.17, 15) is 24.0 Å². The Bertz CT molecular complexity index is 1380. The molecule has 0 amide bonds. The topological polar surface area (TPSA) is 150 Å². The van der Waals surface area contributed by atoms with Gasteiger partial charge in [0.05, 0.1) is 39.3 Å². The van der Waals surface area contributed by atoms with Crippen molar-refractivity contribution in [1.82, 2.24) is 14.7 Å². The molecule has 14 nitrogen and oxygen atoms in total. The van der Waals surface area contributed by atoms with Gasteiger partial charge in [-0.3, -0.25) is 38.7 Å². The van der Waals surface area contributed by atoms with Crippen LogP contribution in [0.25, 0.3) is 0 Å². The highest BCUT2D eigenvalue weighted by Crippen LogP contribution is 2.19. The SMILES string of the molecule is CCOc1ccc(CC(CN(CCN(CC(=O)OC(C)(C)C)CC(=O)OC(C)(C)C)CC(=O)OC(C)(C)C)N(CC(=O)OC(C)(C)C)CC(=O)OC(C)(C)C)cc1. The number of esters is 5. The maximum atomic E-state index is 13.5. The van der Waals surface area contributed by atoms with Crippen LogP contribution >= 0.6 is 0 Å². The maximum absolute atomic E-state index is 13.5. The summed E-state index contributed by atoms with van der Waals surface area (Å²) in [4.78, 5) is 71.6. The molecule has 0 radical (unpaired) electrons. The van der Waals surface area contributed by atoms with Gasteiger partial charge in [0.15, 0.2) is 0 Å². The van der Waals surface area contributed by atoms with Crippen LogP contribution in [0.2, 0.25) is 0 Å². The van der Waals surface area contributed by atoms with Gasteiger partial charge in [-0.1, -0.05) is 12.1 Å². The Kier molecular flexibility index (Phi) is 19.7. The molecule has 0 fully saturated rings. The Morgan fingerprint density at radius 1 is 0.491 bits per heavy atom. The highest BCUT2D eigenvalue weighted by Gasteiger charge is 2.32. The van der Waals surface area contributed by atoms with Crippen molar-refractivity contribution in [2.75, 3.05) is 59.0 Å². The lowest BCUT2D eigenvalue weighted by Gasteiger charge is -2.36. The minimum absolute atomic E-state index is 0.148. The lowest BCUT2D eigenvalue weighted by atomic mass is 10.0. The molecule has 0 aliphatic carbocycles. The minimum Gasteiger partial charge on any atom is -0.494 e. The largest absolute Gasteiger partial charge is 0.494 e. The molecule has 0 heterocycles. The van der Waals surface area contributed by atoms with Crippen molar-refractivity contribution in [2.24, 2.45) is 0 Å². The Labute approximate surface area is 342 Å². The van der Waals surface area contributed by atoms with E-state index in [-0.39, 0.29) is 52.4 Å². The fraction of sp³-hybridized carbons (Fsp3) is 0.744. The molecule has 0 bridgehead atoms. The molecule has 0 saturated heterocycles. The van der Waals surface area contributed by atoms with Gasteiger partial charge in [-0.2, -0.15) is 0 Å². The van der Waals surface area contributed by atoms with Crippen molar-refractivity contribution >= 4 is 29.8 Å². The molecular formula is C43H73N3O11. The maximum Gasteiger partial charge on any atom is 0.320 e. The summed E-state index contributed by atoms with van der Waals surface area (Å²) in [6.07, 6.45) is 0.350. The van der Waals surface area contributed by atoms with Gasteiger partial charge >= 0.3 is 29.8 Å². The summed E-state index contributed by atoms with van der Waals surface area (Å²) in [5.41, 5.74) is -2.96. The smallest absolute Gasteiger partial charge is 0.320 e. The average Bonchev–Trinajstić information content (AvgIpc) is 2.95. The van der Waals surface area contributed by atoms with Gasteiger partial charge in [0.2, 0.25) is 0 Å². The first kappa shape index (κ1) is 51.3. The summed E-state index contributed by atoms with van der Waals surface area (Å²) in [7, 11) is 0. The molecule has 0 aromatic heterocycles. The third-order valence-electron chi connectivity index (χ3n) is 7.25.